The van der Waals surface area contributed by atoms with Crippen LogP contribution in [0.2, 0.25) is 0 Å². The minimum atomic E-state index is 0.480. The van der Waals surface area contributed by atoms with Gasteiger partial charge in [0.25, 0.3) is 0 Å². The summed E-state index contributed by atoms with van der Waals surface area (Å²) in [5, 5.41) is 18.2. The Labute approximate surface area is 155 Å². The van der Waals surface area contributed by atoms with E-state index in [0.29, 0.717) is 22.9 Å². The van der Waals surface area contributed by atoms with Crippen LogP contribution in [-0.2, 0) is 13.0 Å². The molecule has 0 aliphatic carbocycles. The zero-order valence-corrected chi connectivity index (χ0v) is 15.8. The number of ether oxygens (including phenoxy) is 2. The molecule has 0 radical (unpaired) electrons. The van der Waals surface area contributed by atoms with Crippen molar-refractivity contribution in [2.45, 2.75) is 32.2 Å². The Bertz CT molecular complexity index is 851. The average molecular weight is 403 g/mol. The molecule has 0 saturated heterocycles. The Kier molecular flexibility index (Phi) is 5.39. The predicted octanol–water partition coefficient (Wildman–Crippen LogP) is 3.85. The fraction of sp³-hybridized carbons (Fsp3) is 0.389. The molecule has 0 amide bonds. The topological polar surface area (TPSA) is 73.0 Å². The summed E-state index contributed by atoms with van der Waals surface area (Å²) in [5.41, 5.74) is 1.30. The number of halogens is 1. The lowest BCUT2D eigenvalue weighted by Gasteiger charge is -2.10. The maximum absolute atomic E-state index is 9.68. The first kappa shape index (κ1) is 17.5. The molecular formula is C18H19BrN4O2. The molecule has 0 bridgehead atoms. The fourth-order valence-electron chi connectivity index (χ4n) is 2.97. The van der Waals surface area contributed by atoms with Gasteiger partial charge in [0.15, 0.2) is 17.3 Å². The third-order valence-electron chi connectivity index (χ3n) is 4.27. The van der Waals surface area contributed by atoms with Gasteiger partial charge in [-0.2, -0.15) is 5.26 Å². The van der Waals surface area contributed by atoms with Gasteiger partial charge in [-0.25, -0.2) is 0 Å². The zero-order valence-electron chi connectivity index (χ0n) is 14.3. The van der Waals surface area contributed by atoms with Gasteiger partial charge in [0.1, 0.15) is 11.9 Å². The molecule has 7 heteroatoms. The Morgan fingerprint density at radius 2 is 1.96 bits per heavy atom. The van der Waals surface area contributed by atoms with Crippen LogP contribution >= 0.6 is 15.9 Å². The van der Waals surface area contributed by atoms with E-state index in [1.807, 2.05) is 12.1 Å². The van der Waals surface area contributed by atoms with Gasteiger partial charge < -0.3 is 14.0 Å². The predicted molar refractivity (Wildman–Crippen MR) is 98.3 cm³/mol. The fourth-order valence-corrected chi connectivity index (χ4v) is 3.40. The second-order valence-electron chi connectivity index (χ2n) is 5.80. The van der Waals surface area contributed by atoms with Gasteiger partial charge in [-0.1, -0.05) is 22.4 Å². The van der Waals surface area contributed by atoms with E-state index in [2.05, 4.69) is 36.8 Å². The van der Waals surface area contributed by atoms with Crippen LogP contribution in [0.4, 0.5) is 0 Å². The molecule has 0 atom stereocenters. The molecule has 0 fully saturated rings. The van der Waals surface area contributed by atoms with Crippen molar-refractivity contribution in [3.05, 3.63) is 33.8 Å². The molecule has 130 valence electrons. The van der Waals surface area contributed by atoms with Crippen LogP contribution in [-0.4, -0.2) is 29.0 Å². The van der Waals surface area contributed by atoms with Gasteiger partial charge in [-0.05, 0) is 36.6 Å². The molecule has 1 aliphatic rings. The van der Waals surface area contributed by atoms with E-state index >= 15 is 0 Å². The summed E-state index contributed by atoms with van der Waals surface area (Å²) >= 11 is 3.53. The molecule has 6 nitrogen and oxygen atoms in total. The number of methoxy groups -OCH3 is 2. The highest BCUT2D eigenvalue weighted by atomic mass is 79.9. The first-order chi connectivity index (χ1) is 12.2. The van der Waals surface area contributed by atoms with Crippen LogP contribution < -0.4 is 9.47 Å². The Morgan fingerprint density at radius 3 is 2.68 bits per heavy atom. The molecule has 2 aromatic rings. The number of benzene rings is 1. The number of allylic oxidation sites excluding steroid dienone is 1. The van der Waals surface area contributed by atoms with Crippen LogP contribution in [0.15, 0.2) is 16.6 Å². The summed E-state index contributed by atoms with van der Waals surface area (Å²) in [6.45, 7) is 0.851. The molecule has 0 saturated carbocycles. The van der Waals surface area contributed by atoms with Crippen LogP contribution in [0.25, 0.3) is 11.6 Å². The van der Waals surface area contributed by atoms with Gasteiger partial charge in [0.05, 0.1) is 19.8 Å². The van der Waals surface area contributed by atoms with Crippen LogP contribution in [0.3, 0.4) is 0 Å². The van der Waals surface area contributed by atoms with Gasteiger partial charge in [-0.15, -0.1) is 10.2 Å². The summed E-state index contributed by atoms with van der Waals surface area (Å²) < 4.78 is 13.5. The minimum absolute atomic E-state index is 0.480. The number of nitriles is 1. The van der Waals surface area contributed by atoms with Gasteiger partial charge >= 0.3 is 0 Å². The molecule has 1 aromatic heterocycles. The van der Waals surface area contributed by atoms with E-state index in [4.69, 9.17) is 9.47 Å². The summed E-state index contributed by atoms with van der Waals surface area (Å²) in [6, 6.07) is 5.92. The molecule has 0 N–H and O–H groups in total. The van der Waals surface area contributed by atoms with Crippen molar-refractivity contribution in [1.29, 1.82) is 5.26 Å². The maximum Gasteiger partial charge on any atom is 0.174 e. The average Bonchev–Trinajstić information content (AvgIpc) is 2.88. The molecule has 0 spiro atoms. The first-order valence-corrected chi connectivity index (χ1v) is 8.93. The van der Waals surface area contributed by atoms with Crippen molar-refractivity contribution in [3.8, 4) is 17.6 Å². The summed E-state index contributed by atoms with van der Waals surface area (Å²) in [5.74, 6) is 2.82. The lowest BCUT2D eigenvalue weighted by molar-refractivity contribution is 0.354. The second kappa shape index (κ2) is 7.70. The number of fused-ring (bicyclic) bond motifs is 1. The standard InChI is InChI=1S/C18H19BrN4O2/c1-24-15-9-12(14(19)10-16(15)25-2)8-13(11-20)18-22-21-17-6-4-3-5-7-23(17)18/h8-10H,3-7H2,1-2H3/b13-8+. The highest BCUT2D eigenvalue weighted by molar-refractivity contribution is 9.10. The summed E-state index contributed by atoms with van der Waals surface area (Å²) in [7, 11) is 3.18. The third kappa shape index (κ3) is 3.54. The van der Waals surface area contributed by atoms with Crippen molar-refractivity contribution >= 4 is 27.6 Å². The number of hydrogen-bond acceptors (Lipinski definition) is 5. The van der Waals surface area contributed by atoms with Crippen molar-refractivity contribution < 1.29 is 9.47 Å². The second-order valence-corrected chi connectivity index (χ2v) is 6.65. The Morgan fingerprint density at radius 1 is 1.20 bits per heavy atom. The highest BCUT2D eigenvalue weighted by Crippen LogP contribution is 2.35. The van der Waals surface area contributed by atoms with Crippen LogP contribution in [0, 0.1) is 11.3 Å². The molecule has 25 heavy (non-hydrogen) atoms. The Hall–Kier alpha value is -2.33. The first-order valence-electron chi connectivity index (χ1n) is 8.13. The summed E-state index contributed by atoms with van der Waals surface area (Å²) in [4.78, 5) is 0. The van der Waals surface area contributed by atoms with Gasteiger partial charge in [-0.3, -0.25) is 0 Å². The largest absolute Gasteiger partial charge is 0.493 e. The SMILES string of the molecule is COc1cc(Br)c(/C=C(\C#N)c2nnc3n2CCCCC3)cc1OC. The van der Waals surface area contributed by atoms with Gasteiger partial charge in [0.2, 0.25) is 0 Å². The highest BCUT2D eigenvalue weighted by Gasteiger charge is 2.18. The van der Waals surface area contributed by atoms with E-state index in [0.717, 1.165) is 41.7 Å². The number of hydrogen-bond donors (Lipinski definition) is 0. The molecule has 3 rings (SSSR count). The van der Waals surface area contributed by atoms with E-state index in [-0.39, 0.29) is 0 Å². The minimum Gasteiger partial charge on any atom is -0.493 e. The number of nitrogens with zero attached hydrogens (tertiary/aromatic N) is 4. The van der Waals surface area contributed by atoms with E-state index in [1.165, 1.54) is 6.42 Å². The van der Waals surface area contributed by atoms with Crippen molar-refractivity contribution in [2.24, 2.45) is 0 Å². The molecular weight excluding hydrogens is 384 g/mol. The smallest absolute Gasteiger partial charge is 0.174 e. The molecule has 1 aromatic carbocycles. The van der Waals surface area contributed by atoms with Crippen LogP contribution in [0.5, 0.6) is 11.5 Å². The van der Waals surface area contributed by atoms with Crippen LogP contribution in [0.1, 0.15) is 36.5 Å². The summed E-state index contributed by atoms with van der Waals surface area (Å²) in [6.07, 6.45) is 6.08. The third-order valence-corrected chi connectivity index (χ3v) is 4.96. The molecule has 0 unspecified atom stereocenters. The van der Waals surface area contributed by atoms with E-state index in [9.17, 15) is 5.26 Å². The number of aromatic nitrogens is 3. The van der Waals surface area contributed by atoms with E-state index < -0.39 is 0 Å². The molecule has 1 aliphatic heterocycles. The number of aryl methyl sites for hydroxylation is 1. The van der Waals surface area contributed by atoms with Crippen molar-refractivity contribution in [2.75, 3.05) is 14.2 Å². The normalized spacial score (nSPS) is 14.4. The van der Waals surface area contributed by atoms with Crippen molar-refractivity contribution in [3.63, 3.8) is 0 Å². The number of rotatable bonds is 4. The lowest BCUT2D eigenvalue weighted by Crippen LogP contribution is -2.05. The maximum atomic E-state index is 9.68. The molecule has 2 heterocycles. The zero-order chi connectivity index (χ0) is 17.8. The lowest BCUT2D eigenvalue weighted by atomic mass is 10.1. The quantitative estimate of drug-likeness (QED) is 0.726. The van der Waals surface area contributed by atoms with Gasteiger partial charge in [0, 0.05) is 17.4 Å². The van der Waals surface area contributed by atoms with Crippen molar-refractivity contribution in [1.82, 2.24) is 14.8 Å². The monoisotopic (exact) mass is 402 g/mol. The Balaban J connectivity index is 2.05. The van der Waals surface area contributed by atoms with E-state index in [1.54, 1.807) is 20.3 Å².